The molecule has 4 heteroatoms. The molecule has 0 spiro atoms. The third kappa shape index (κ3) is 3.14. The van der Waals surface area contributed by atoms with Crippen LogP contribution in [0.25, 0.3) is 0 Å². The van der Waals surface area contributed by atoms with Crippen molar-refractivity contribution in [3.8, 4) is 5.75 Å². The Labute approximate surface area is 100.0 Å². The fourth-order valence-electron chi connectivity index (χ4n) is 1.17. The first-order chi connectivity index (χ1) is 7.56. The quantitative estimate of drug-likeness (QED) is 0.860. The van der Waals surface area contributed by atoms with E-state index in [1.54, 1.807) is 12.1 Å². The first-order valence-electron chi connectivity index (χ1n) is 5.20. The zero-order chi connectivity index (χ0) is 12.1. The number of rotatable bonds is 5. The zero-order valence-electron chi connectivity index (χ0n) is 9.37. The van der Waals surface area contributed by atoms with Crippen LogP contribution in [-0.4, -0.2) is 17.7 Å². The first kappa shape index (κ1) is 12.8. The van der Waals surface area contributed by atoms with Gasteiger partial charge in [0.15, 0.2) is 5.75 Å². The van der Waals surface area contributed by atoms with Crippen molar-refractivity contribution >= 4 is 17.6 Å². The highest BCUT2D eigenvalue weighted by atomic mass is 35.5. The fourth-order valence-corrected chi connectivity index (χ4v) is 1.40. The lowest BCUT2D eigenvalue weighted by atomic mass is 10.1. The van der Waals surface area contributed by atoms with E-state index in [0.29, 0.717) is 17.5 Å². The molecule has 0 bridgehead atoms. The van der Waals surface area contributed by atoms with Gasteiger partial charge in [-0.3, -0.25) is 0 Å². The summed E-state index contributed by atoms with van der Waals surface area (Å²) in [5.41, 5.74) is 0.107. The molecular formula is C12H15ClO3. The van der Waals surface area contributed by atoms with E-state index in [4.69, 9.17) is 21.4 Å². The number of hydrogen-bond donors (Lipinski definition) is 1. The van der Waals surface area contributed by atoms with Crippen LogP contribution in [0.3, 0.4) is 0 Å². The third-order valence-electron chi connectivity index (χ3n) is 2.41. The predicted molar refractivity (Wildman–Crippen MR) is 63.4 cm³/mol. The van der Waals surface area contributed by atoms with Crippen molar-refractivity contribution in [1.29, 1.82) is 0 Å². The van der Waals surface area contributed by atoms with Gasteiger partial charge in [0.25, 0.3) is 0 Å². The summed E-state index contributed by atoms with van der Waals surface area (Å²) < 4.78 is 5.47. The molecule has 0 saturated heterocycles. The molecule has 0 fully saturated rings. The number of carboxylic acid groups (broad SMARTS) is 1. The van der Waals surface area contributed by atoms with Crippen molar-refractivity contribution in [2.75, 3.05) is 6.61 Å². The Bertz CT molecular complexity index is 377. The lowest BCUT2D eigenvalue weighted by Crippen LogP contribution is -2.10. The number of carboxylic acids is 1. The zero-order valence-corrected chi connectivity index (χ0v) is 10.1. The SMILES string of the molecule is CCC(C)COc1c(Cl)cccc1C(=O)O. The second-order valence-corrected chi connectivity index (χ2v) is 4.15. The molecule has 0 amide bonds. The fraction of sp³-hybridized carbons (Fsp3) is 0.417. The molecule has 0 radical (unpaired) electrons. The van der Waals surface area contributed by atoms with E-state index >= 15 is 0 Å². The third-order valence-corrected chi connectivity index (χ3v) is 2.70. The molecule has 1 N–H and O–H groups in total. The van der Waals surface area contributed by atoms with Gasteiger partial charge in [-0.1, -0.05) is 37.9 Å². The summed E-state index contributed by atoms with van der Waals surface area (Å²) in [5, 5.41) is 9.31. The molecular weight excluding hydrogens is 228 g/mol. The Kier molecular flexibility index (Phi) is 4.62. The minimum absolute atomic E-state index is 0.107. The van der Waals surface area contributed by atoms with Crippen LogP contribution in [0.5, 0.6) is 5.75 Å². The summed E-state index contributed by atoms with van der Waals surface area (Å²) in [6.45, 7) is 4.57. The lowest BCUT2D eigenvalue weighted by molar-refractivity contribution is 0.0691. The Morgan fingerprint density at radius 3 is 2.81 bits per heavy atom. The average molecular weight is 243 g/mol. The maximum absolute atomic E-state index is 10.9. The van der Waals surface area contributed by atoms with Gasteiger partial charge in [-0.15, -0.1) is 0 Å². The van der Waals surface area contributed by atoms with Gasteiger partial charge >= 0.3 is 5.97 Å². The van der Waals surface area contributed by atoms with Gasteiger partial charge in [0.1, 0.15) is 5.56 Å². The van der Waals surface area contributed by atoms with Crippen LogP contribution < -0.4 is 4.74 Å². The molecule has 16 heavy (non-hydrogen) atoms. The predicted octanol–water partition coefficient (Wildman–Crippen LogP) is 3.46. The molecule has 1 aromatic carbocycles. The van der Waals surface area contributed by atoms with Crippen molar-refractivity contribution in [3.05, 3.63) is 28.8 Å². The first-order valence-corrected chi connectivity index (χ1v) is 5.58. The molecule has 1 aromatic rings. The van der Waals surface area contributed by atoms with Gasteiger partial charge < -0.3 is 9.84 Å². The molecule has 1 rings (SSSR count). The van der Waals surface area contributed by atoms with E-state index in [9.17, 15) is 4.79 Å². The van der Waals surface area contributed by atoms with Crippen molar-refractivity contribution < 1.29 is 14.6 Å². The van der Waals surface area contributed by atoms with Crippen molar-refractivity contribution in [3.63, 3.8) is 0 Å². The largest absolute Gasteiger partial charge is 0.491 e. The van der Waals surface area contributed by atoms with E-state index < -0.39 is 5.97 Å². The smallest absolute Gasteiger partial charge is 0.339 e. The van der Waals surface area contributed by atoms with Crippen LogP contribution in [0.15, 0.2) is 18.2 Å². The van der Waals surface area contributed by atoms with E-state index in [1.807, 2.05) is 6.92 Å². The van der Waals surface area contributed by atoms with Gasteiger partial charge in [0.2, 0.25) is 0 Å². The van der Waals surface area contributed by atoms with Crippen LogP contribution >= 0.6 is 11.6 Å². The minimum Gasteiger partial charge on any atom is -0.491 e. The maximum atomic E-state index is 10.9. The van der Waals surface area contributed by atoms with Crippen LogP contribution in [0, 0.1) is 5.92 Å². The Hall–Kier alpha value is -1.22. The molecule has 0 aliphatic carbocycles. The molecule has 0 heterocycles. The molecule has 1 atom stereocenters. The number of benzene rings is 1. The minimum atomic E-state index is -1.03. The van der Waals surface area contributed by atoms with Crippen LogP contribution in [0.2, 0.25) is 5.02 Å². The normalized spacial score (nSPS) is 12.2. The Morgan fingerprint density at radius 2 is 2.25 bits per heavy atom. The summed E-state index contributed by atoms with van der Waals surface area (Å²) >= 11 is 5.91. The summed E-state index contributed by atoms with van der Waals surface area (Å²) in [6.07, 6.45) is 0.979. The Morgan fingerprint density at radius 1 is 1.56 bits per heavy atom. The van der Waals surface area contributed by atoms with Gasteiger partial charge in [0.05, 0.1) is 11.6 Å². The van der Waals surface area contributed by atoms with Gasteiger partial charge in [-0.25, -0.2) is 4.79 Å². The van der Waals surface area contributed by atoms with Crippen LogP contribution in [-0.2, 0) is 0 Å². The number of para-hydroxylation sites is 1. The second kappa shape index (κ2) is 5.75. The van der Waals surface area contributed by atoms with Crippen LogP contribution in [0.4, 0.5) is 0 Å². The lowest BCUT2D eigenvalue weighted by Gasteiger charge is -2.13. The standard InChI is InChI=1S/C12H15ClO3/c1-3-8(2)7-16-11-9(12(14)15)5-4-6-10(11)13/h4-6,8H,3,7H2,1-2H3,(H,14,15). The van der Waals surface area contributed by atoms with E-state index in [-0.39, 0.29) is 11.3 Å². The average Bonchev–Trinajstić information content (AvgIpc) is 2.26. The highest BCUT2D eigenvalue weighted by molar-refractivity contribution is 6.32. The monoisotopic (exact) mass is 242 g/mol. The summed E-state index contributed by atoms with van der Waals surface area (Å²) in [7, 11) is 0. The van der Waals surface area contributed by atoms with Gasteiger partial charge in [-0.05, 0) is 18.1 Å². The summed E-state index contributed by atoms with van der Waals surface area (Å²) in [5.74, 6) is -0.392. The van der Waals surface area contributed by atoms with Crippen molar-refractivity contribution in [2.24, 2.45) is 5.92 Å². The van der Waals surface area contributed by atoms with Gasteiger partial charge in [-0.2, -0.15) is 0 Å². The molecule has 0 aliphatic heterocycles. The number of halogens is 1. The highest BCUT2D eigenvalue weighted by Gasteiger charge is 2.15. The number of ether oxygens (including phenoxy) is 1. The molecule has 0 aromatic heterocycles. The highest BCUT2D eigenvalue weighted by Crippen LogP contribution is 2.29. The number of aromatic carboxylic acids is 1. The molecule has 0 saturated carbocycles. The molecule has 88 valence electrons. The second-order valence-electron chi connectivity index (χ2n) is 3.75. The van der Waals surface area contributed by atoms with Gasteiger partial charge in [0, 0.05) is 0 Å². The van der Waals surface area contributed by atoms with Crippen molar-refractivity contribution in [1.82, 2.24) is 0 Å². The maximum Gasteiger partial charge on any atom is 0.339 e. The molecule has 1 unspecified atom stereocenters. The molecule has 3 nitrogen and oxygen atoms in total. The van der Waals surface area contributed by atoms with Crippen molar-refractivity contribution in [2.45, 2.75) is 20.3 Å². The molecule has 0 aliphatic rings. The van der Waals surface area contributed by atoms with E-state index in [0.717, 1.165) is 6.42 Å². The summed E-state index contributed by atoms with van der Waals surface area (Å²) in [4.78, 5) is 10.9. The van der Waals surface area contributed by atoms with E-state index in [2.05, 4.69) is 6.92 Å². The topological polar surface area (TPSA) is 46.5 Å². The van der Waals surface area contributed by atoms with E-state index in [1.165, 1.54) is 6.07 Å². The Balaban J connectivity index is 2.88. The van der Waals surface area contributed by atoms with Crippen LogP contribution in [0.1, 0.15) is 30.6 Å². The summed E-state index contributed by atoms with van der Waals surface area (Å²) in [6, 6.07) is 4.71. The number of carbonyl (C=O) groups is 1. The number of hydrogen-bond acceptors (Lipinski definition) is 2.